The molecule has 0 radical (unpaired) electrons. The van der Waals surface area contributed by atoms with Crippen molar-refractivity contribution in [3.63, 3.8) is 0 Å². The average molecular weight is 277 g/mol. The molecule has 0 bridgehead atoms. The van der Waals surface area contributed by atoms with Gasteiger partial charge in [-0.25, -0.2) is 8.42 Å². The van der Waals surface area contributed by atoms with Crippen molar-refractivity contribution in [3.05, 3.63) is 23.8 Å². The molecule has 0 saturated carbocycles. The summed E-state index contributed by atoms with van der Waals surface area (Å²) in [4.78, 5) is 0.0515. The third-order valence-electron chi connectivity index (χ3n) is 2.37. The summed E-state index contributed by atoms with van der Waals surface area (Å²) in [6, 6.07) is 4.98. The molecule has 5 heteroatoms. The number of halogens is 1. The summed E-state index contributed by atoms with van der Waals surface area (Å²) in [5.74, 6) is 0.335. The molecule has 0 unspecified atom stereocenters. The van der Waals surface area contributed by atoms with Crippen LogP contribution in [-0.2, 0) is 9.05 Å². The van der Waals surface area contributed by atoms with Crippen LogP contribution in [0, 0.1) is 6.92 Å². The quantitative estimate of drug-likeness (QED) is 0.590. The van der Waals surface area contributed by atoms with Crippen LogP contribution in [0.25, 0.3) is 0 Å². The highest BCUT2D eigenvalue weighted by molar-refractivity contribution is 8.13. The van der Waals surface area contributed by atoms with Gasteiger partial charge >= 0.3 is 0 Å². The number of aryl methyl sites for hydroxylation is 1. The van der Waals surface area contributed by atoms with Gasteiger partial charge in [-0.05, 0) is 31.0 Å². The summed E-state index contributed by atoms with van der Waals surface area (Å²) >= 11 is 0. The van der Waals surface area contributed by atoms with Crippen LogP contribution in [0.5, 0.6) is 5.75 Å². The van der Waals surface area contributed by atoms with E-state index in [1.54, 1.807) is 12.1 Å². The Kier molecular flexibility index (Phi) is 5.28. The van der Waals surface area contributed by atoms with Crippen molar-refractivity contribution in [2.45, 2.75) is 38.0 Å². The second-order valence-corrected chi connectivity index (χ2v) is 6.48. The van der Waals surface area contributed by atoms with Crippen LogP contribution < -0.4 is 4.74 Å². The van der Waals surface area contributed by atoms with Crippen molar-refractivity contribution in [1.29, 1.82) is 0 Å². The van der Waals surface area contributed by atoms with Crippen molar-refractivity contribution in [2.75, 3.05) is 6.61 Å². The number of hydrogen-bond donors (Lipinski definition) is 0. The Morgan fingerprint density at radius 2 is 2.00 bits per heavy atom. The Bertz CT molecular complexity index is 469. The van der Waals surface area contributed by atoms with Gasteiger partial charge in [-0.15, -0.1) is 0 Å². The molecule has 1 aromatic rings. The Morgan fingerprint density at radius 3 is 2.59 bits per heavy atom. The smallest absolute Gasteiger partial charge is 0.264 e. The van der Waals surface area contributed by atoms with Crippen LogP contribution in [-0.4, -0.2) is 15.0 Å². The fourth-order valence-electron chi connectivity index (χ4n) is 1.46. The second kappa shape index (κ2) is 6.26. The number of hydrogen-bond acceptors (Lipinski definition) is 3. The molecule has 0 fully saturated rings. The third kappa shape index (κ3) is 4.56. The SMILES string of the molecule is CCCCCOc1ccc(C)cc1S(=O)(=O)Cl. The molecule has 0 heterocycles. The van der Waals surface area contributed by atoms with Crippen LogP contribution in [0.15, 0.2) is 23.1 Å². The zero-order valence-electron chi connectivity index (χ0n) is 10.1. The predicted molar refractivity (Wildman–Crippen MR) is 69.2 cm³/mol. The van der Waals surface area contributed by atoms with Crippen molar-refractivity contribution < 1.29 is 13.2 Å². The van der Waals surface area contributed by atoms with Crippen molar-refractivity contribution in [3.8, 4) is 5.75 Å². The van der Waals surface area contributed by atoms with E-state index in [1.165, 1.54) is 6.07 Å². The minimum absolute atomic E-state index is 0.0515. The minimum Gasteiger partial charge on any atom is -0.492 e. The molecule has 1 rings (SSSR count). The topological polar surface area (TPSA) is 43.4 Å². The molecule has 0 spiro atoms. The van der Waals surface area contributed by atoms with Gasteiger partial charge in [0, 0.05) is 10.7 Å². The lowest BCUT2D eigenvalue weighted by molar-refractivity contribution is 0.299. The van der Waals surface area contributed by atoms with Gasteiger partial charge in [0.25, 0.3) is 9.05 Å². The fourth-order valence-corrected chi connectivity index (χ4v) is 2.51. The normalized spacial score (nSPS) is 11.5. The lowest BCUT2D eigenvalue weighted by Crippen LogP contribution is -2.02. The summed E-state index contributed by atoms with van der Waals surface area (Å²) in [6.45, 7) is 4.42. The van der Waals surface area contributed by atoms with E-state index in [1.807, 2.05) is 6.92 Å². The van der Waals surface area contributed by atoms with Crippen LogP contribution >= 0.6 is 10.7 Å². The zero-order chi connectivity index (χ0) is 12.9. The molecule has 0 aliphatic carbocycles. The van der Waals surface area contributed by atoms with Crippen molar-refractivity contribution in [1.82, 2.24) is 0 Å². The zero-order valence-corrected chi connectivity index (χ0v) is 11.6. The fraction of sp³-hybridized carbons (Fsp3) is 0.500. The molecule has 96 valence electrons. The molecule has 0 amide bonds. The highest BCUT2D eigenvalue weighted by Crippen LogP contribution is 2.28. The molecule has 0 saturated heterocycles. The first-order valence-corrected chi connectivity index (χ1v) is 7.94. The first kappa shape index (κ1) is 14.3. The average Bonchev–Trinajstić information content (AvgIpc) is 2.25. The Balaban J connectivity index is 2.84. The van der Waals surface area contributed by atoms with E-state index in [0.717, 1.165) is 24.8 Å². The van der Waals surface area contributed by atoms with E-state index in [4.69, 9.17) is 15.4 Å². The highest BCUT2D eigenvalue weighted by Gasteiger charge is 2.16. The molecule has 17 heavy (non-hydrogen) atoms. The molecular weight excluding hydrogens is 260 g/mol. The summed E-state index contributed by atoms with van der Waals surface area (Å²) in [6.07, 6.45) is 3.07. The molecule has 0 atom stereocenters. The third-order valence-corrected chi connectivity index (χ3v) is 3.71. The van der Waals surface area contributed by atoms with Gasteiger partial charge in [0.05, 0.1) is 6.61 Å². The summed E-state index contributed by atoms with van der Waals surface area (Å²) in [7, 11) is 1.62. The van der Waals surface area contributed by atoms with Gasteiger partial charge in [0.1, 0.15) is 10.6 Å². The molecule has 0 aromatic heterocycles. The lowest BCUT2D eigenvalue weighted by atomic mass is 10.2. The van der Waals surface area contributed by atoms with Gasteiger partial charge in [-0.3, -0.25) is 0 Å². The number of benzene rings is 1. The van der Waals surface area contributed by atoms with E-state index >= 15 is 0 Å². The van der Waals surface area contributed by atoms with E-state index in [0.29, 0.717) is 12.4 Å². The maximum Gasteiger partial charge on any atom is 0.264 e. The standard InChI is InChI=1S/C12H17ClO3S/c1-3-4-5-8-16-11-7-6-10(2)9-12(11)17(13,14)15/h6-7,9H,3-5,8H2,1-2H3. The number of unbranched alkanes of at least 4 members (excludes halogenated alkanes) is 2. The van der Waals surface area contributed by atoms with Crippen LogP contribution in [0.1, 0.15) is 31.7 Å². The predicted octanol–water partition coefficient (Wildman–Crippen LogP) is 3.49. The van der Waals surface area contributed by atoms with Crippen LogP contribution in [0.2, 0.25) is 0 Å². The molecule has 3 nitrogen and oxygen atoms in total. The molecular formula is C12H17ClO3S. The van der Waals surface area contributed by atoms with Gasteiger partial charge < -0.3 is 4.74 Å². The first-order chi connectivity index (χ1) is 7.95. The monoisotopic (exact) mass is 276 g/mol. The van der Waals surface area contributed by atoms with Crippen LogP contribution in [0.3, 0.4) is 0 Å². The van der Waals surface area contributed by atoms with E-state index < -0.39 is 9.05 Å². The molecule has 1 aromatic carbocycles. The highest BCUT2D eigenvalue weighted by atomic mass is 35.7. The maximum atomic E-state index is 11.4. The van der Waals surface area contributed by atoms with E-state index in [2.05, 4.69) is 6.92 Å². The first-order valence-electron chi connectivity index (χ1n) is 5.63. The minimum atomic E-state index is -3.75. The molecule has 0 N–H and O–H groups in total. The van der Waals surface area contributed by atoms with Gasteiger partial charge in [-0.1, -0.05) is 25.8 Å². The molecule has 0 aliphatic heterocycles. The Labute approximate surface area is 107 Å². The number of ether oxygens (including phenoxy) is 1. The summed E-state index contributed by atoms with van der Waals surface area (Å²) < 4.78 is 28.2. The summed E-state index contributed by atoms with van der Waals surface area (Å²) in [5.41, 5.74) is 0.838. The lowest BCUT2D eigenvalue weighted by Gasteiger charge is -2.10. The van der Waals surface area contributed by atoms with Gasteiger partial charge in [0.2, 0.25) is 0 Å². The summed E-state index contributed by atoms with van der Waals surface area (Å²) in [5, 5.41) is 0. The largest absolute Gasteiger partial charge is 0.492 e. The van der Waals surface area contributed by atoms with Crippen LogP contribution in [0.4, 0.5) is 0 Å². The van der Waals surface area contributed by atoms with Crippen molar-refractivity contribution >= 4 is 19.7 Å². The van der Waals surface area contributed by atoms with E-state index in [-0.39, 0.29) is 4.90 Å². The second-order valence-electron chi connectivity index (χ2n) is 3.94. The van der Waals surface area contributed by atoms with E-state index in [9.17, 15) is 8.42 Å². The van der Waals surface area contributed by atoms with Gasteiger partial charge in [-0.2, -0.15) is 0 Å². The van der Waals surface area contributed by atoms with Crippen molar-refractivity contribution in [2.24, 2.45) is 0 Å². The Morgan fingerprint density at radius 1 is 1.29 bits per heavy atom. The van der Waals surface area contributed by atoms with Gasteiger partial charge in [0.15, 0.2) is 0 Å². The molecule has 0 aliphatic rings. The number of rotatable bonds is 6. The Hall–Kier alpha value is -0.740. The maximum absolute atomic E-state index is 11.4.